The number of carbonyl (C=O) groups is 3. The number of rotatable bonds is 10. The molecular formula is C37H42F4N6O4. The molecule has 4 N–H and O–H groups in total. The van der Waals surface area contributed by atoms with Crippen molar-refractivity contribution in [2.45, 2.75) is 82.6 Å². The Morgan fingerprint density at radius 1 is 1.06 bits per heavy atom. The van der Waals surface area contributed by atoms with Crippen molar-refractivity contribution in [1.82, 2.24) is 24.8 Å². The van der Waals surface area contributed by atoms with Crippen LogP contribution in [0.15, 0.2) is 61.1 Å². The van der Waals surface area contributed by atoms with Crippen molar-refractivity contribution in [2.75, 3.05) is 19.6 Å². The van der Waals surface area contributed by atoms with E-state index in [-0.39, 0.29) is 17.7 Å². The van der Waals surface area contributed by atoms with Crippen LogP contribution in [-0.4, -0.2) is 74.4 Å². The Hall–Kier alpha value is -4.69. The number of aryl methyl sites for hydroxylation is 2. The van der Waals surface area contributed by atoms with Crippen molar-refractivity contribution in [3.63, 3.8) is 0 Å². The van der Waals surface area contributed by atoms with Gasteiger partial charge < -0.3 is 15.7 Å². The van der Waals surface area contributed by atoms with Gasteiger partial charge in [-0.2, -0.15) is 18.3 Å². The Labute approximate surface area is 293 Å². The molecule has 2 saturated heterocycles. The van der Waals surface area contributed by atoms with Crippen LogP contribution in [0.3, 0.4) is 0 Å². The van der Waals surface area contributed by atoms with Crippen LogP contribution in [0.2, 0.25) is 0 Å². The monoisotopic (exact) mass is 710 g/mol. The third kappa shape index (κ3) is 9.76. The van der Waals surface area contributed by atoms with Crippen molar-refractivity contribution in [2.24, 2.45) is 5.73 Å². The molecule has 4 heterocycles. The van der Waals surface area contributed by atoms with Crippen LogP contribution in [0.1, 0.15) is 78.2 Å². The van der Waals surface area contributed by atoms with Gasteiger partial charge in [-0.25, -0.2) is 18.7 Å². The molecule has 2 aromatic heterocycles. The number of benzene rings is 2. The summed E-state index contributed by atoms with van der Waals surface area (Å²) in [4.78, 5) is 39.4. The highest BCUT2D eigenvalue weighted by atomic mass is 19.4. The molecule has 1 unspecified atom stereocenters. The number of fused-ring (bicyclic) bond motifs is 1. The van der Waals surface area contributed by atoms with E-state index in [1.807, 2.05) is 22.8 Å². The number of aromatic nitrogens is 3. The number of nitrogens with one attached hydrogen (secondary N) is 1. The van der Waals surface area contributed by atoms with Crippen molar-refractivity contribution in [3.05, 3.63) is 88.9 Å². The second-order valence-electron chi connectivity index (χ2n) is 13.2. The maximum Gasteiger partial charge on any atom is 0.490 e. The molecule has 2 fully saturated rings. The van der Waals surface area contributed by atoms with Gasteiger partial charge in [0.25, 0.3) is 0 Å². The van der Waals surface area contributed by atoms with Gasteiger partial charge in [0.15, 0.2) is 0 Å². The highest BCUT2D eigenvalue weighted by molar-refractivity contribution is 6.00. The molecule has 2 amide bonds. The minimum atomic E-state index is -5.08. The van der Waals surface area contributed by atoms with Gasteiger partial charge in [0.1, 0.15) is 12.5 Å². The number of nitrogens with two attached hydrogens (primary N) is 1. The van der Waals surface area contributed by atoms with Crippen molar-refractivity contribution in [3.8, 4) is 11.3 Å². The van der Waals surface area contributed by atoms with Crippen LogP contribution in [0.25, 0.3) is 16.8 Å². The van der Waals surface area contributed by atoms with Crippen LogP contribution >= 0.6 is 0 Å². The number of alkyl halides is 4. The second kappa shape index (κ2) is 16.6. The lowest BCUT2D eigenvalue weighted by Gasteiger charge is -2.33. The van der Waals surface area contributed by atoms with Crippen LogP contribution in [0, 0.1) is 6.92 Å². The maximum absolute atomic E-state index is 15.0. The third-order valence-corrected chi connectivity index (χ3v) is 9.62. The Balaban J connectivity index is 0.000000654. The highest BCUT2D eigenvalue weighted by Crippen LogP contribution is 2.32. The second-order valence-corrected chi connectivity index (χ2v) is 13.2. The Bertz CT molecular complexity index is 1840. The van der Waals surface area contributed by atoms with E-state index in [1.54, 1.807) is 6.33 Å². The van der Waals surface area contributed by atoms with E-state index >= 15 is 4.39 Å². The summed E-state index contributed by atoms with van der Waals surface area (Å²) in [6.07, 6.45) is 2.73. The van der Waals surface area contributed by atoms with Gasteiger partial charge in [0.2, 0.25) is 11.8 Å². The van der Waals surface area contributed by atoms with E-state index < -0.39 is 18.3 Å². The largest absolute Gasteiger partial charge is 0.490 e. The molecule has 2 atom stereocenters. The van der Waals surface area contributed by atoms with Crippen molar-refractivity contribution in [1.29, 1.82) is 0 Å². The van der Waals surface area contributed by atoms with Gasteiger partial charge in [-0.1, -0.05) is 36.4 Å². The molecule has 0 saturated carbocycles. The highest BCUT2D eigenvalue weighted by Gasteiger charge is 2.38. The molecule has 0 bridgehead atoms. The molecule has 10 nitrogen and oxygen atoms in total. The summed E-state index contributed by atoms with van der Waals surface area (Å²) in [5, 5.41) is 14.0. The molecule has 51 heavy (non-hydrogen) atoms. The lowest BCUT2D eigenvalue weighted by molar-refractivity contribution is -0.192. The lowest BCUT2D eigenvalue weighted by atomic mass is 9.86. The van der Waals surface area contributed by atoms with Crippen molar-refractivity contribution < 1.29 is 37.1 Å². The molecule has 2 aromatic carbocycles. The van der Waals surface area contributed by atoms with Gasteiger partial charge >= 0.3 is 12.1 Å². The van der Waals surface area contributed by atoms with Gasteiger partial charge in [-0.15, -0.1) is 0 Å². The Morgan fingerprint density at radius 3 is 2.37 bits per heavy atom. The molecule has 0 radical (unpaired) electrons. The quantitative estimate of drug-likeness (QED) is 0.137. The van der Waals surface area contributed by atoms with Crippen molar-refractivity contribution >= 4 is 23.3 Å². The van der Waals surface area contributed by atoms with Gasteiger partial charge in [-0.05, 0) is 104 Å². The molecule has 2 aliphatic heterocycles. The average Bonchev–Trinajstić information content (AvgIpc) is 3.52. The van der Waals surface area contributed by atoms with Crippen LogP contribution < -0.4 is 11.1 Å². The summed E-state index contributed by atoms with van der Waals surface area (Å²) in [5.74, 6) is -2.96. The first-order valence-corrected chi connectivity index (χ1v) is 17.0. The number of imide groups is 1. The van der Waals surface area contributed by atoms with E-state index in [0.29, 0.717) is 38.3 Å². The molecule has 14 heteroatoms. The molecule has 0 spiro atoms. The summed E-state index contributed by atoms with van der Waals surface area (Å²) in [6, 6.07) is 16.7. The molecule has 6 rings (SSSR count). The minimum Gasteiger partial charge on any atom is -0.475 e. The summed E-state index contributed by atoms with van der Waals surface area (Å²) in [5.41, 5.74) is 14.3. The molecule has 4 aromatic rings. The Morgan fingerprint density at radius 2 is 1.75 bits per heavy atom. The van der Waals surface area contributed by atoms with E-state index in [4.69, 9.17) is 15.6 Å². The predicted molar refractivity (Wildman–Crippen MR) is 183 cm³/mol. The summed E-state index contributed by atoms with van der Waals surface area (Å²) in [6.45, 7) is 4.83. The number of carboxylic acid groups (broad SMARTS) is 1. The zero-order valence-electron chi connectivity index (χ0n) is 28.3. The van der Waals surface area contributed by atoms with Crippen LogP contribution in [-0.2, 0) is 27.3 Å². The third-order valence-electron chi connectivity index (χ3n) is 9.62. The maximum atomic E-state index is 15.0. The average molecular weight is 711 g/mol. The number of hydrogen-bond donors (Lipinski definition) is 3. The number of halogens is 4. The van der Waals surface area contributed by atoms with Crippen LogP contribution in [0.5, 0.6) is 0 Å². The first kappa shape index (κ1) is 37.6. The number of hydrogen-bond acceptors (Lipinski definition) is 7. The van der Waals surface area contributed by atoms with Gasteiger partial charge in [0.05, 0.1) is 17.1 Å². The number of aliphatic carboxylic acids is 1. The normalized spacial score (nSPS) is 17.9. The first-order chi connectivity index (χ1) is 24.3. The standard InChI is InChI=1S/C35H41FN6O2.C2HF3O2/c1-23-17-28(9-10-29(23)19-37)34-32-18-24(20-42(32)39-22-38-34)3-2-4-30(36)21-41-15-13-26(14-16-41)25-5-7-27(8-6-25)31-11-12-33(43)40-35(31)44;3-2(4,5)1(6)7/h5-10,17-18,20,22,26,30-31H,2-4,11-16,19,21,37H2,1H3,(H,40,43,44);(H,6,7)/t30-,31?;/m0./s1. The van der Waals surface area contributed by atoms with E-state index in [0.717, 1.165) is 77.8 Å². The van der Waals surface area contributed by atoms with E-state index in [1.165, 1.54) is 5.56 Å². The SMILES string of the molecule is Cc1cc(-c2ncnn3cc(CCC[C@H](F)CN4CCC(c5ccc(C6CCC(=O)NC6=O)cc5)CC4)cc23)ccc1CN.O=C(O)C(F)(F)F. The van der Waals surface area contributed by atoms with E-state index in [9.17, 15) is 22.8 Å². The summed E-state index contributed by atoms with van der Waals surface area (Å²) >= 11 is 0. The number of carboxylic acids is 1. The fraction of sp³-hybridized carbons (Fsp3) is 0.432. The smallest absolute Gasteiger partial charge is 0.475 e. The number of amides is 2. The zero-order valence-corrected chi connectivity index (χ0v) is 28.3. The number of piperidine rings is 2. The molecule has 2 aliphatic rings. The van der Waals surface area contributed by atoms with E-state index in [2.05, 4.69) is 63.6 Å². The molecule has 0 aliphatic carbocycles. The predicted octanol–water partition coefficient (Wildman–Crippen LogP) is 5.86. The van der Waals surface area contributed by atoms with Crippen LogP contribution in [0.4, 0.5) is 17.6 Å². The lowest BCUT2D eigenvalue weighted by Crippen LogP contribution is -2.39. The van der Waals surface area contributed by atoms with Gasteiger partial charge in [0, 0.05) is 31.3 Å². The number of nitrogens with zero attached hydrogens (tertiary/aromatic N) is 4. The summed E-state index contributed by atoms with van der Waals surface area (Å²) < 4.78 is 48.6. The molecule has 272 valence electrons. The molecular weight excluding hydrogens is 668 g/mol. The van der Waals surface area contributed by atoms with Gasteiger partial charge in [-0.3, -0.25) is 14.9 Å². The number of carbonyl (C=O) groups excluding carboxylic acids is 2. The topological polar surface area (TPSA) is 143 Å². The zero-order chi connectivity index (χ0) is 36.7. The first-order valence-electron chi connectivity index (χ1n) is 17.0. The fourth-order valence-corrected chi connectivity index (χ4v) is 6.77. The fourth-order valence-electron chi connectivity index (χ4n) is 6.77. The Kier molecular flexibility index (Phi) is 12.2. The number of likely N-dealkylation sites (tertiary alicyclic amines) is 1. The summed E-state index contributed by atoms with van der Waals surface area (Å²) in [7, 11) is 0. The minimum absolute atomic E-state index is 0.190.